The second-order valence-electron chi connectivity index (χ2n) is 5.36. The molecule has 3 nitrogen and oxygen atoms in total. The lowest BCUT2D eigenvalue weighted by molar-refractivity contribution is 0.214. The van der Waals surface area contributed by atoms with Crippen LogP contribution in [-0.2, 0) is 0 Å². The van der Waals surface area contributed by atoms with Gasteiger partial charge in [0, 0.05) is 12.6 Å². The van der Waals surface area contributed by atoms with Crippen LogP contribution in [0, 0.1) is 11.8 Å². The number of hydrogen-bond acceptors (Lipinski definition) is 3. The highest BCUT2D eigenvalue weighted by Crippen LogP contribution is 2.31. The van der Waals surface area contributed by atoms with E-state index in [0.29, 0.717) is 24.5 Å². The fraction of sp³-hybridized carbons (Fsp3) is 0.600. The van der Waals surface area contributed by atoms with Crippen molar-refractivity contribution in [1.82, 2.24) is 5.32 Å². The molecule has 1 fully saturated rings. The van der Waals surface area contributed by atoms with Crippen molar-refractivity contribution in [3.63, 3.8) is 0 Å². The second-order valence-corrected chi connectivity index (χ2v) is 5.36. The Morgan fingerprint density at radius 2 is 2.11 bits per heavy atom. The summed E-state index contributed by atoms with van der Waals surface area (Å²) in [4.78, 5) is 0. The molecule has 1 heterocycles. The first-order valence-corrected chi connectivity index (χ1v) is 6.71. The van der Waals surface area contributed by atoms with Crippen molar-refractivity contribution in [3.8, 4) is 5.75 Å². The van der Waals surface area contributed by atoms with Crippen molar-refractivity contribution in [2.45, 2.75) is 25.8 Å². The zero-order valence-corrected chi connectivity index (χ0v) is 11.2. The van der Waals surface area contributed by atoms with Crippen molar-refractivity contribution >= 4 is 0 Å². The summed E-state index contributed by atoms with van der Waals surface area (Å²) in [6, 6.07) is 8.75. The largest absolute Gasteiger partial charge is 0.497 e. The van der Waals surface area contributed by atoms with Crippen LogP contribution in [0.5, 0.6) is 5.75 Å². The minimum Gasteiger partial charge on any atom is -0.497 e. The molecule has 2 N–H and O–H groups in total. The molecule has 100 valence electrons. The van der Waals surface area contributed by atoms with Gasteiger partial charge in [-0.25, -0.2) is 0 Å². The van der Waals surface area contributed by atoms with Crippen LogP contribution < -0.4 is 10.1 Å². The average Bonchev–Trinajstić information content (AvgIpc) is 2.87. The number of aliphatic hydroxyl groups excluding tert-OH is 1. The number of ether oxygens (including phenoxy) is 1. The van der Waals surface area contributed by atoms with Crippen molar-refractivity contribution in [3.05, 3.63) is 29.8 Å². The summed E-state index contributed by atoms with van der Waals surface area (Å²) in [5.41, 5.74) is 1.33. The molecular weight excluding hydrogens is 226 g/mol. The van der Waals surface area contributed by atoms with Crippen molar-refractivity contribution in [1.29, 1.82) is 0 Å². The van der Waals surface area contributed by atoms with Gasteiger partial charge in [-0.05, 0) is 48.9 Å². The van der Waals surface area contributed by atoms with Crippen LogP contribution in [0.3, 0.4) is 0 Å². The molecule has 1 aliphatic heterocycles. The van der Waals surface area contributed by atoms with Crippen LogP contribution >= 0.6 is 0 Å². The molecule has 0 aromatic heterocycles. The molecule has 3 atom stereocenters. The Hall–Kier alpha value is -1.06. The average molecular weight is 249 g/mol. The number of aliphatic hydroxyl groups is 1. The first-order chi connectivity index (χ1) is 8.72. The van der Waals surface area contributed by atoms with Crippen LogP contribution in [0.2, 0.25) is 0 Å². The normalized spacial score (nSPS) is 25.1. The van der Waals surface area contributed by atoms with Gasteiger partial charge in [0.2, 0.25) is 0 Å². The molecule has 2 rings (SSSR count). The Balaban J connectivity index is 1.91. The minimum absolute atomic E-state index is 0.295. The summed E-state index contributed by atoms with van der Waals surface area (Å²) < 4.78 is 5.17. The third-order valence-electron chi connectivity index (χ3n) is 3.79. The lowest BCUT2D eigenvalue weighted by Gasteiger charge is -2.14. The summed E-state index contributed by atoms with van der Waals surface area (Å²) >= 11 is 0. The van der Waals surface area contributed by atoms with Crippen LogP contribution in [0.4, 0.5) is 0 Å². The quantitative estimate of drug-likeness (QED) is 0.841. The number of rotatable bonds is 5. The summed E-state index contributed by atoms with van der Waals surface area (Å²) in [7, 11) is 1.69. The van der Waals surface area contributed by atoms with Gasteiger partial charge >= 0.3 is 0 Å². The van der Waals surface area contributed by atoms with Gasteiger partial charge in [0.1, 0.15) is 5.75 Å². The second kappa shape index (κ2) is 6.21. The van der Waals surface area contributed by atoms with Crippen LogP contribution in [0.15, 0.2) is 24.3 Å². The van der Waals surface area contributed by atoms with E-state index in [9.17, 15) is 0 Å². The Morgan fingerprint density at radius 1 is 1.39 bits per heavy atom. The highest BCUT2D eigenvalue weighted by atomic mass is 16.5. The van der Waals surface area contributed by atoms with E-state index in [1.165, 1.54) is 5.56 Å². The van der Waals surface area contributed by atoms with E-state index in [4.69, 9.17) is 9.84 Å². The Labute approximate surface area is 109 Å². The van der Waals surface area contributed by atoms with Crippen molar-refractivity contribution in [2.24, 2.45) is 11.8 Å². The molecule has 3 heteroatoms. The predicted molar refractivity (Wildman–Crippen MR) is 72.7 cm³/mol. The van der Waals surface area contributed by atoms with Gasteiger partial charge in [0.25, 0.3) is 0 Å². The fourth-order valence-corrected chi connectivity index (χ4v) is 2.72. The molecule has 0 radical (unpaired) electrons. The third-order valence-corrected chi connectivity index (χ3v) is 3.79. The predicted octanol–water partition coefficient (Wildman–Crippen LogP) is 2.36. The molecule has 0 bridgehead atoms. The molecule has 0 amide bonds. The van der Waals surface area contributed by atoms with Gasteiger partial charge in [-0.1, -0.05) is 19.1 Å². The molecule has 0 aliphatic carbocycles. The van der Waals surface area contributed by atoms with E-state index in [2.05, 4.69) is 24.4 Å². The van der Waals surface area contributed by atoms with Gasteiger partial charge < -0.3 is 15.2 Å². The maximum Gasteiger partial charge on any atom is 0.118 e. The topological polar surface area (TPSA) is 41.5 Å². The van der Waals surface area contributed by atoms with Gasteiger partial charge in [-0.15, -0.1) is 0 Å². The van der Waals surface area contributed by atoms with Crippen LogP contribution in [0.1, 0.15) is 31.4 Å². The summed E-state index contributed by atoms with van der Waals surface area (Å²) in [6.45, 7) is 3.46. The highest BCUT2D eigenvalue weighted by molar-refractivity contribution is 5.29. The number of methoxy groups -OCH3 is 1. The Bertz CT molecular complexity index is 363. The fourth-order valence-electron chi connectivity index (χ4n) is 2.72. The smallest absolute Gasteiger partial charge is 0.118 e. The van der Waals surface area contributed by atoms with Crippen molar-refractivity contribution in [2.75, 3.05) is 20.3 Å². The molecule has 18 heavy (non-hydrogen) atoms. The summed E-state index contributed by atoms with van der Waals surface area (Å²) in [5.74, 6) is 1.99. The first kappa shape index (κ1) is 13.4. The van der Waals surface area contributed by atoms with Gasteiger partial charge in [0.15, 0.2) is 0 Å². The number of benzene rings is 1. The van der Waals surface area contributed by atoms with E-state index in [1.54, 1.807) is 7.11 Å². The van der Waals surface area contributed by atoms with Crippen LogP contribution in [-0.4, -0.2) is 25.4 Å². The van der Waals surface area contributed by atoms with E-state index >= 15 is 0 Å². The van der Waals surface area contributed by atoms with Crippen LogP contribution in [0.25, 0.3) is 0 Å². The van der Waals surface area contributed by atoms with Gasteiger partial charge in [-0.3, -0.25) is 0 Å². The number of nitrogens with one attached hydrogen (secondary N) is 1. The maximum atomic E-state index is 9.10. The molecule has 1 saturated heterocycles. The number of hydrogen-bond donors (Lipinski definition) is 2. The lowest BCUT2D eigenvalue weighted by Crippen LogP contribution is -2.15. The van der Waals surface area contributed by atoms with Crippen molar-refractivity contribution < 1.29 is 9.84 Å². The monoisotopic (exact) mass is 249 g/mol. The highest BCUT2D eigenvalue weighted by Gasteiger charge is 2.26. The van der Waals surface area contributed by atoms with Gasteiger partial charge in [0.05, 0.1) is 7.11 Å². The summed E-state index contributed by atoms with van der Waals surface area (Å²) in [5, 5.41) is 12.7. The third kappa shape index (κ3) is 3.24. The van der Waals surface area contributed by atoms with E-state index in [-0.39, 0.29) is 0 Å². The molecule has 3 unspecified atom stereocenters. The maximum absolute atomic E-state index is 9.10. The van der Waals surface area contributed by atoms with Gasteiger partial charge in [-0.2, -0.15) is 0 Å². The standard InChI is InChI=1S/C15H23NO2/c1-11(10-17)7-12-8-15(16-9-12)13-3-5-14(18-2)6-4-13/h3-6,11-12,15-17H,7-10H2,1-2H3. The molecule has 0 saturated carbocycles. The first-order valence-electron chi connectivity index (χ1n) is 6.71. The molecule has 1 aromatic rings. The Morgan fingerprint density at radius 3 is 2.72 bits per heavy atom. The van der Waals surface area contributed by atoms with E-state index in [0.717, 1.165) is 25.1 Å². The van der Waals surface area contributed by atoms with E-state index < -0.39 is 0 Å². The zero-order valence-electron chi connectivity index (χ0n) is 11.2. The minimum atomic E-state index is 0.295. The molecule has 1 aliphatic rings. The lowest BCUT2D eigenvalue weighted by atomic mass is 9.92. The van der Waals surface area contributed by atoms with E-state index in [1.807, 2.05) is 12.1 Å². The Kier molecular flexibility index (Phi) is 4.61. The molecular formula is C15H23NO2. The summed E-state index contributed by atoms with van der Waals surface area (Å²) in [6.07, 6.45) is 2.27. The SMILES string of the molecule is COc1ccc(C2CC(CC(C)CO)CN2)cc1. The zero-order chi connectivity index (χ0) is 13.0. The molecule has 1 aromatic carbocycles. The molecule has 0 spiro atoms.